The highest BCUT2D eigenvalue weighted by Crippen LogP contribution is 2.29. The molecule has 126 valence electrons. The van der Waals surface area contributed by atoms with Crippen LogP contribution in [0.2, 0.25) is 0 Å². The molecule has 1 aromatic heterocycles. The number of ether oxygens (including phenoxy) is 1. The Kier molecular flexibility index (Phi) is 4.95. The Labute approximate surface area is 130 Å². The van der Waals surface area contributed by atoms with Crippen molar-refractivity contribution in [1.82, 2.24) is 14.5 Å². The van der Waals surface area contributed by atoms with Crippen LogP contribution in [-0.4, -0.2) is 30.6 Å². The molecule has 1 N–H and O–H groups in total. The summed E-state index contributed by atoms with van der Waals surface area (Å²) in [5, 5.41) is 3.93. The summed E-state index contributed by atoms with van der Waals surface area (Å²) in [6, 6.07) is 5.65. The first kappa shape index (κ1) is 17.3. The quantitative estimate of drug-likeness (QED) is 0.867. The largest absolute Gasteiger partial charge is 0.573 e. The van der Waals surface area contributed by atoms with Crippen LogP contribution in [0.5, 0.6) is 5.75 Å². The number of benzene rings is 1. The van der Waals surface area contributed by atoms with Crippen LogP contribution in [0.15, 0.2) is 47.6 Å². The van der Waals surface area contributed by atoms with Crippen molar-refractivity contribution < 1.29 is 26.3 Å². The Morgan fingerprint density at radius 1 is 1.30 bits per heavy atom. The molecule has 6 nitrogen and oxygen atoms in total. The molecule has 1 atom stereocenters. The van der Waals surface area contributed by atoms with Crippen molar-refractivity contribution in [3.05, 3.63) is 42.7 Å². The van der Waals surface area contributed by atoms with Gasteiger partial charge >= 0.3 is 6.36 Å². The fraction of sp³-hybridized carbons (Fsp3) is 0.308. The molecule has 0 amide bonds. The first-order valence-corrected chi connectivity index (χ1v) is 8.00. The van der Waals surface area contributed by atoms with E-state index in [1.165, 1.54) is 23.0 Å². The van der Waals surface area contributed by atoms with E-state index in [-0.39, 0.29) is 6.54 Å². The topological polar surface area (TPSA) is 73.2 Å². The van der Waals surface area contributed by atoms with Crippen LogP contribution in [0.1, 0.15) is 6.92 Å². The van der Waals surface area contributed by atoms with Crippen LogP contribution in [0, 0.1) is 0 Å². The van der Waals surface area contributed by atoms with Gasteiger partial charge in [-0.3, -0.25) is 4.68 Å². The lowest BCUT2D eigenvalue weighted by atomic mass is 10.3. The molecule has 0 bridgehead atoms. The number of aromatic nitrogens is 2. The van der Waals surface area contributed by atoms with Crippen LogP contribution in [0.25, 0.3) is 0 Å². The summed E-state index contributed by atoms with van der Waals surface area (Å²) in [4.78, 5) is -0.579. The first-order chi connectivity index (χ1) is 10.7. The number of nitrogens with one attached hydrogen (secondary N) is 1. The summed E-state index contributed by atoms with van der Waals surface area (Å²) in [5.41, 5.74) is 0. The molecule has 0 spiro atoms. The first-order valence-electron chi connectivity index (χ1n) is 6.52. The zero-order chi connectivity index (χ0) is 17.1. The van der Waals surface area contributed by atoms with E-state index in [4.69, 9.17) is 0 Å². The maximum Gasteiger partial charge on any atom is 0.573 e. The molecule has 10 heteroatoms. The molecule has 1 aromatic carbocycles. The smallest absolute Gasteiger partial charge is 0.404 e. The van der Waals surface area contributed by atoms with Crippen molar-refractivity contribution in [2.45, 2.75) is 30.8 Å². The molecule has 0 aliphatic heterocycles. The van der Waals surface area contributed by atoms with Crippen molar-refractivity contribution in [3.8, 4) is 5.75 Å². The zero-order valence-corrected chi connectivity index (χ0v) is 12.8. The molecular formula is C13H14F3N3O3S. The molecule has 0 aliphatic carbocycles. The predicted molar refractivity (Wildman–Crippen MR) is 75.1 cm³/mol. The molecule has 1 unspecified atom stereocenters. The highest BCUT2D eigenvalue weighted by Gasteiger charge is 2.34. The fourth-order valence-corrected chi connectivity index (χ4v) is 3.30. The number of para-hydroxylation sites is 1. The number of hydrogen-bond donors (Lipinski definition) is 1. The summed E-state index contributed by atoms with van der Waals surface area (Å²) in [6.07, 6.45) is -1.80. The highest BCUT2D eigenvalue weighted by atomic mass is 32.2. The van der Waals surface area contributed by atoms with Gasteiger partial charge in [-0.1, -0.05) is 12.1 Å². The minimum Gasteiger partial charge on any atom is -0.404 e. The molecule has 0 radical (unpaired) electrons. The summed E-state index contributed by atoms with van der Waals surface area (Å²) < 4.78 is 69.3. The zero-order valence-electron chi connectivity index (χ0n) is 12.0. The Hall–Kier alpha value is -2.07. The second-order valence-electron chi connectivity index (χ2n) is 4.74. The van der Waals surface area contributed by atoms with Gasteiger partial charge in [0.1, 0.15) is 10.6 Å². The van der Waals surface area contributed by atoms with Gasteiger partial charge in [-0.15, -0.1) is 13.2 Å². The molecule has 1 heterocycles. The molecular weight excluding hydrogens is 335 g/mol. The minimum absolute atomic E-state index is 0.231. The monoisotopic (exact) mass is 349 g/mol. The number of rotatable bonds is 6. The highest BCUT2D eigenvalue weighted by molar-refractivity contribution is 7.89. The molecule has 23 heavy (non-hydrogen) atoms. The van der Waals surface area contributed by atoms with Crippen LogP contribution >= 0.6 is 0 Å². The van der Waals surface area contributed by atoms with E-state index in [0.29, 0.717) is 0 Å². The summed E-state index contributed by atoms with van der Waals surface area (Å²) in [6.45, 7) is 1.81. The Morgan fingerprint density at radius 3 is 2.61 bits per heavy atom. The van der Waals surface area contributed by atoms with Crippen molar-refractivity contribution in [2.75, 3.05) is 0 Å². The Balaban J connectivity index is 2.19. The van der Waals surface area contributed by atoms with E-state index in [1.54, 1.807) is 19.2 Å². The maximum atomic E-state index is 12.4. The second-order valence-corrected chi connectivity index (χ2v) is 6.43. The van der Waals surface area contributed by atoms with Crippen LogP contribution in [0.4, 0.5) is 13.2 Å². The van der Waals surface area contributed by atoms with Gasteiger partial charge in [-0.2, -0.15) is 5.10 Å². The van der Waals surface area contributed by atoms with Crippen LogP contribution in [0.3, 0.4) is 0 Å². The van der Waals surface area contributed by atoms with Gasteiger partial charge in [0, 0.05) is 18.4 Å². The number of hydrogen-bond acceptors (Lipinski definition) is 4. The van der Waals surface area contributed by atoms with Crippen molar-refractivity contribution in [1.29, 1.82) is 0 Å². The van der Waals surface area contributed by atoms with Gasteiger partial charge in [0.25, 0.3) is 0 Å². The van der Waals surface area contributed by atoms with Crippen LogP contribution in [-0.2, 0) is 16.6 Å². The number of alkyl halides is 3. The third kappa shape index (κ3) is 4.96. The number of nitrogens with zero attached hydrogens (tertiary/aromatic N) is 2. The van der Waals surface area contributed by atoms with E-state index in [9.17, 15) is 21.6 Å². The SMILES string of the molecule is CC(Cn1cccn1)NS(=O)(=O)c1ccccc1OC(F)(F)F. The predicted octanol–water partition coefficient (Wildman–Crippen LogP) is 2.15. The average Bonchev–Trinajstić information content (AvgIpc) is 2.89. The summed E-state index contributed by atoms with van der Waals surface area (Å²) in [5.74, 6) is -0.779. The molecule has 0 saturated carbocycles. The van der Waals surface area contributed by atoms with E-state index in [0.717, 1.165) is 12.1 Å². The van der Waals surface area contributed by atoms with Crippen molar-refractivity contribution >= 4 is 10.0 Å². The van der Waals surface area contributed by atoms with Gasteiger partial charge in [0.2, 0.25) is 10.0 Å². The lowest BCUT2D eigenvalue weighted by molar-refractivity contribution is -0.275. The molecule has 0 aliphatic rings. The van der Waals surface area contributed by atoms with Gasteiger partial charge < -0.3 is 4.74 Å². The van der Waals surface area contributed by atoms with Gasteiger partial charge in [-0.05, 0) is 25.1 Å². The molecule has 0 saturated heterocycles. The third-order valence-electron chi connectivity index (χ3n) is 2.74. The molecule has 2 rings (SSSR count). The summed E-state index contributed by atoms with van der Waals surface area (Å²) >= 11 is 0. The van der Waals surface area contributed by atoms with Gasteiger partial charge in [0.05, 0.1) is 6.54 Å². The number of sulfonamides is 1. The van der Waals surface area contributed by atoms with Crippen molar-refractivity contribution in [3.63, 3.8) is 0 Å². The standard InChI is InChI=1S/C13H14F3N3O3S/c1-10(9-19-8-4-7-17-19)18-23(20,21)12-6-3-2-5-11(12)22-13(14,15)16/h2-8,10,18H,9H2,1H3. The second kappa shape index (κ2) is 6.59. The third-order valence-corrected chi connectivity index (χ3v) is 4.37. The number of halogens is 3. The van der Waals surface area contributed by atoms with Gasteiger partial charge in [0.15, 0.2) is 0 Å². The molecule has 2 aromatic rings. The Morgan fingerprint density at radius 2 is 2.00 bits per heavy atom. The van der Waals surface area contributed by atoms with E-state index >= 15 is 0 Å². The molecule has 0 fully saturated rings. The van der Waals surface area contributed by atoms with Gasteiger partial charge in [-0.25, -0.2) is 13.1 Å². The van der Waals surface area contributed by atoms with E-state index in [2.05, 4.69) is 14.6 Å². The minimum atomic E-state index is -4.98. The maximum absolute atomic E-state index is 12.4. The normalized spacial score (nSPS) is 13.7. The lowest BCUT2D eigenvalue weighted by Crippen LogP contribution is -2.36. The Bertz CT molecular complexity index is 745. The van der Waals surface area contributed by atoms with Crippen LogP contribution < -0.4 is 9.46 Å². The fourth-order valence-electron chi connectivity index (χ4n) is 1.94. The van der Waals surface area contributed by atoms with E-state index < -0.39 is 33.1 Å². The summed E-state index contributed by atoms with van der Waals surface area (Å²) in [7, 11) is -4.18. The average molecular weight is 349 g/mol. The van der Waals surface area contributed by atoms with E-state index in [1.807, 2.05) is 0 Å². The van der Waals surface area contributed by atoms with Crippen molar-refractivity contribution in [2.24, 2.45) is 0 Å². The lowest BCUT2D eigenvalue weighted by Gasteiger charge is -2.17.